The summed E-state index contributed by atoms with van der Waals surface area (Å²) in [5.74, 6) is 0. The molecule has 1 N–H and O–H groups in total. The number of hydrogen-bond acceptors (Lipinski definition) is 4. The fraction of sp³-hybridized carbons (Fsp3) is 0.529. The van der Waals surface area contributed by atoms with Gasteiger partial charge in [0.15, 0.2) is 0 Å². The van der Waals surface area contributed by atoms with Gasteiger partial charge in [0, 0.05) is 29.2 Å². The number of nitrogens with zero attached hydrogens (tertiary/aromatic N) is 2. The first-order valence-electron chi connectivity index (χ1n) is 7.41. The van der Waals surface area contributed by atoms with Crippen LogP contribution >= 0.6 is 11.3 Å². The van der Waals surface area contributed by atoms with Crippen LogP contribution in [-0.2, 0) is 5.41 Å². The zero-order chi connectivity index (χ0) is 15.6. The van der Waals surface area contributed by atoms with Crippen LogP contribution in [0.2, 0.25) is 0 Å². The molecule has 1 atom stereocenters. The summed E-state index contributed by atoms with van der Waals surface area (Å²) in [6.45, 7) is 13.1. The molecule has 0 saturated carbocycles. The fourth-order valence-electron chi connectivity index (χ4n) is 2.17. The third-order valence-electron chi connectivity index (χ3n) is 3.43. The lowest BCUT2D eigenvalue weighted by atomic mass is 9.93. The third kappa shape index (κ3) is 3.89. The van der Waals surface area contributed by atoms with Crippen LogP contribution in [0.3, 0.4) is 0 Å². The van der Waals surface area contributed by atoms with E-state index in [0.717, 1.165) is 10.7 Å². The van der Waals surface area contributed by atoms with Gasteiger partial charge in [-0.05, 0) is 38.0 Å². The maximum Gasteiger partial charge on any atom is 0.114 e. The molecule has 2 heterocycles. The zero-order valence-corrected chi connectivity index (χ0v) is 14.6. The molecule has 1 unspecified atom stereocenters. The molecule has 0 aliphatic heterocycles. The van der Waals surface area contributed by atoms with Gasteiger partial charge in [-0.25, -0.2) is 4.98 Å². The molecule has 0 bridgehead atoms. The number of aryl methyl sites for hydroxylation is 1. The Balaban J connectivity index is 2.42. The van der Waals surface area contributed by atoms with Gasteiger partial charge in [0.25, 0.3) is 0 Å². The summed E-state index contributed by atoms with van der Waals surface area (Å²) in [7, 11) is 0. The minimum absolute atomic E-state index is 0.0844. The van der Waals surface area contributed by atoms with Gasteiger partial charge < -0.3 is 5.32 Å². The normalized spacial score (nSPS) is 13.7. The predicted octanol–water partition coefficient (Wildman–Crippen LogP) is 4.23. The highest BCUT2D eigenvalue weighted by atomic mass is 32.1. The lowest BCUT2D eigenvalue weighted by molar-refractivity contribution is 0.517. The smallest absolute Gasteiger partial charge is 0.114 e. The van der Waals surface area contributed by atoms with Crippen molar-refractivity contribution in [2.24, 2.45) is 0 Å². The highest BCUT2D eigenvalue weighted by Crippen LogP contribution is 2.31. The van der Waals surface area contributed by atoms with Crippen molar-refractivity contribution in [3.8, 4) is 0 Å². The van der Waals surface area contributed by atoms with E-state index in [2.05, 4.69) is 63.3 Å². The Bertz CT molecular complexity index is 596. The fourth-order valence-corrected chi connectivity index (χ4v) is 3.29. The van der Waals surface area contributed by atoms with Gasteiger partial charge in [-0.15, -0.1) is 11.3 Å². The Morgan fingerprint density at radius 3 is 2.48 bits per heavy atom. The topological polar surface area (TPSA) is 37.8 Å². The minimum Gasteiger partial charge on any atom is -0.302 e. The van der Waals surface area contributed by atoms with Crippen LogP contribution in [0.25, 0.3) is 0 Å². The number of rotatable bonds is 4. The maximum atomic E-state index is 4.88. The highest BCUT2D eigenvalue weighted by molar-refractivity contribution is 7.09. The van der Waals surface area contributed by atoms with E-state index in [9.17, 15) is 0 Å². The summed E-state index contributed by atoms with van der Waals surface area (Å²) >= 11 is 1.73. The van der Waals surface area contributed by atoms with E-state index in [0.29, 0.717) is 6.04 Å². The number of thiazole rings is 1. The molecule has 2 rings (SSSR count). The van der Waals surface area contributed by atoms with E-state index >= 15 is 0 Å². The molecule has 21 heavy (non-hydrogen) atoms. The second-order valence-corrected chi connectivity index (χ2v) is 7.70. The Morgan fingerprint density at radius 1 is 1.24 bits per heavy atom. The third-order valence-corrected chi connectivity index (χ3v) is 4.34. The SMILES string of the molecule is Cc1ccncc1C(NC(C)C)c1nc(C(C)(C)C)cs1. The standard InChI is InChI=1S/C17H25N3S/c1-11(2)19-15(13-9-18-8-7-12(13)3)16-20-14(10-21-16)17(4,5)6/h7-11,15,19H,1-6H3. The molecule has 0 fully saturated rings. The summed E-state index contributed by atoms with van der Waals surface area (Å²) in [6.07, 6.45) is 3.79. The highest BCUT2D eigenvalue weighted by Gasteiger charge is 2.24. The minimum atomic E-state index is 0.0844. The van der Waals surface area contributed by atoms with Crippen molar-refractivity contribution in [1.82, 2.24) is 15.3 Å². The Labute approximate surface area is 131 Å². The average Bonchev–Trinajstić information content (AvgIpc) is 2.86. The van der Waals surface area contributed by atoms with Crippen LogP contribution in [0.4, 0.5) is 0 Å². The van der Waals surface area contributed by atoms with E-state index in [1.165, 1.54) is 11.1 Å². The van der Waals surface area contributed by atoms with Crippen molar-refractivity contribution in [2.75, 3.05) is 0 Å². The van der Waals surface area contributed by atoms with Crippen LogP contribution in [-0.4, -0.2) is 16.0 Å². The first-order valence-corrected chi connectivity index (χ1v) is 8.29. The molecular formula is C17H25N3S. The quantitative estimate of drug-likeness (QED) is 0.918. The lowest BCUT2D eigenvalue weighted by Gasteiger charge is -2.21. The Morgan fingerprint density at radius 2 is 1.95 bits per heavy atom. The molecule has 4 heteroatoms. The molecule has 0 aromatic carbocycles. The zero-order valence-electron chi connectivity index (χ0n) is 13.8. The molecule has 2 aromatic rings. The largest absolute Gasteiger partial charge is 0.302 e. The van der Waals surface area contributed by atoms with Crippen molar-refractivity contribution >= 4 is 11.3 Å². The molecular weight excluding hydrogens is 278 g/mol. The average molecular weight is 303 g/mol. The van der Waals surface area contributed by atoms with Crippen LogP contribution in [0.5, 0.6) is 0 Å². The molecule has 114 valence electrons. The van der Waals surface area contributed by atoms with Crippen LogP contribution in [0.15, 0.2) is 23.8 Å². The summed E-state index contributed by atoms with van der Waals surface area (Å²) in [4.78, 5) is 9.17. The van der Waals surface area contributed by atoms with Crippen molar-refractivity contribution in [2.45, 2.75) is 59.0 Å². The summed E-state index contributed by atoms with van der Waals surface area (Å²) in [5.41, 5.74) is 3.69. The molecule has 0 spiro atoms. The van der Waals surface area contributed by atoms with E-state index in [1.54, 1.807) is 11.3 Å². The van der Waals surface area contributed by atoms with Crippen LogP contribution in [0, 0.1) is 6.92 Å². The maximum absolute atomic E-state index is 4.88. The molecule has 2 aromatic heterocycles. The summed E-state index contributed by atoms with van der Waals surface area (Å²) in [6, 6.07) is 2.55. The number of nitrogens with one attached hydrogen (secondary N) is 1. The van der Waals surface area contributed by atoms with Crippen molar-refractivity contribution in [1.29, 1.82) is 0 Å². The van der Waals surface area contributed by atoms with Crippen LogP contribution < -0.4 is 5.32 Å². The van der Waals surface area contributed by atoms with Gasteiger partial charge >= 0.3 is 0 Å². The van der Waals surface area contributed by atoms with Gasteiger partial charge in [0.05, 0.1) is 11.7 Å². The summed E-state index contributed by atoms with van der Waals surface area (Å²) < 4.78 is 0. The molecule has 0 radical (unpaired) electrons. The number of hydrogen-bond donors (Lipinski definition) is 1. The van der Waals surface area contributed by atoms with Crippen molar-refractivity contribution in [3.63, 3.8) is 0 Å². The van der Waals surface area contributed by atoms with E-state index in [-0.39, 0.29) is 11.5 Å². The number of pyridine rings is 1. The molecule has 0 amide bonds. The first kappa shape index (κ1) is 16.1. The van der Waals surface area contributed by atoms with Gasteiger partial charge in [-0.2, -0.15) is 0 Å². The van der Waals surface area contributed by atoms with Gasteiger partial charge in [0.2, 0.25) is 0 Å². The lowest BCUT2D eigenvalue weighted by Crippen LogP contribution is -2.29. The van der Waals surface area contributed by atoms with Gasteiger partial charge in [0.1, 0.15) is 5.01 Å². The summed E-state index contributed by atoms with van der Waals surface area (Å²) in [5, 5.41) is 6.92. The Hall–Kier alpha value is -1.26. The predicted molar refractivity (Wildman–Crippen MR) is 89.9 cm³/mol. The molecule has 0 aliphatic rings. The van der Waals surface area contributed by atoms with Gasteiger partial charge in [-0.3, -0.25) is 4.98 Å². The van der Waals surface area contributed by atoms with E-state index < -0.39 is 0 Å². The van der Waals surface area contributed by atoms with E-state index in [4.69, 9.17) is 4.98 Å². The molecule has 0 aliphatic carbocycles. The Kier molecular flexibility index (Phi) is 4.79. The van der Waals surface area contributed by atoms with Crippen LogP contribution in [0.1, 0.15) is 62.5 Å². The van der Waals surface area contributed by atoms with E-state index in [1.807, 2.05) is 12.4 Å². The van der Waals surface area contributed by atoms with Crippen molar-refractivity contribution < 1.29 is 0 Å². The monoisotopic (exact) mass is 303 g/mol. The second kappa shape index (κ2) is 6.24. The number of aromatic nitrogens is 2. The molecule has 3 nitrogen and oxygen atoms in total. The van der Waals surface area contributed by atoms with Gasteiger partial charge in [-0.1, -0.05) is 20.8 Å². The molecule has 0 saturated heterocycles. The second-order valence-electron chi connectivity index (χ2n) is 6.81. The first-order chi connectivity index (χ1) is 9.79. The van der Waals surface area contributed by atoms with Crippen molar-refractivity contribution in [3.05, 3.63) is 45.7 Å².